The first-order valence-corrected chi connectivity index (χ1v) is 6.73. The third kappa shape index (κ3) is 4.85. The second-order valence-electron chi connectivity index (χ2n) is 4.73. The molecule has 21 heavy (non-hydrogen) atoms. The number of aliphatic hydroxyl groups excluding tert-OH is 1. The van der Waals surface area contributed by atoms with Gasteiger partial charge in [0.25, 0.3) is 0 Å². The quantitative estimate of drug-likeness (QED) is 0.854. The molecule has 1 aromatic heterocycles. The fourth-order valence-electron chi connectivity index (χ4n) is 1.92. The third-order valence-corrected chi connectivity index (χ3v) is 3.13. The van der Waals surface area contributed by atoms with E-state index < -0.39 is 12.1 Å². The summed E-state index contributed by atoms with van der Waals surface area (Å²) in [5, 5.41) is 18.5. The van der Waals surface area contributed by atoms with Crippen LogP contribution in [0.2, 0.25) is 0 Å². The number of aliphatic hydroxyl groups is 1. The van der Waals surface area contributed by atoms with E-state index in [0.717, 1.165) is 16.7 Å². The summed E-state index contributed by atoms with van der Waals surface area (Å²) in [6.45, 7) is 0. The first-order chi connectivity index (χ1) is 10.1. The highest BCUT2D eigenvalue weighted by Gasteiger charge is 2.09. The van der Waals surface area contributed by atoms with Gasteiger partial charge in [-0.2, -0.15) is 0 Å². The number of hydrogen-bond acceptors (Lipinski definition) is 3. The van der Waals surface area contributed by atoms with Crippen LogP contribution in [0.5, 0.6) is 0 Å². The largest absolute Gasteiger partial charge is 0.481 e. The SMILES string of the molecule is O=C(O)CCC(O)c1ccc(/C=C/c2ccncc2)cc1. The Labute approximate surface area is 123 Å². The zero-order chi connectivity index (χ0) is 15.1. The highest BCUT2D eigenvalue weighted by molar-refractivity contribution is 5.69. The van der Waals surface area contributed by atoms with Crippen LogP contribution in [0, 0.1) is 0 Å². The molecule has 0 aliphatic heterocycles. The molecular weight excluding hydrogens is 266 g/mol. The number of aliphatic carboxylic acids is 1. The monoisotopic (exact) mass is 283 g/mol. The lowest BCUT2D eigenvalue weighted by Crippen LogP contribution is -2.02. The van der Waals surface area contributed by atoms with Crippen molar-refractivity contribution < 1.29 is 15.0 Å². The van der Waals surface area contributed by atoms with E-state index in [9.17, 15) is 9.90 Å². The maximum atomic E-state index is 10.5. The Bertz CT molecular complexity index is 606. The highest BCUT2D eigenvalue weighted by Crippen LogP contribution is 2.19. The minimum Gasteiger partial charge on any atom is -0.481 e. The molecule has 0 bridgehead atoms. The maximum Gasteiger partial charge on any atom is 0.303 e. The van der Waals surface area contributed by atoms with Crippen molar-refractivity contribution in [3.63, 3.8) is 0 Å². The van der Waals surface area contributed by atoms with E-state index >= 15 is 0 Å². The number of aromatic nitrogens is 1. The predicted octanol–water partition coefficient (Wildman–Crippen LogP) is 3.15. The van der Waals surface area contributed by atoms with Crippen LogP contribution in [-0.4, -0.2) is 21.2 Å². The van der Waals surface area contributed by atoms with Crippen molar-refractivity contribution in [1.29, 1.82) is 0 Å². The Kier molecular flexibility index (Phi) is 5.23. The Hall–Kier alpha value is -2.46. The zero-order valence-electron chi connectivity index (χ0n) is 11.5. The minimum atomic E-state index is -0.897. The zero-order valence-corrected chi connectivity index (χ0v) is 11.5. The smallest absolute Gasteiger partial charge is 0.303 e. The second kappa shape index (κ2) is 7.36. The number of hydrogen-bond donors (Lipinski definition) is 2. The minimum absolute atomic E-state index is 0.0368. The fourth-order valence-corrected chi connectivity index (χ4v) is 1.92. The fraction of sp³-hybridized carbons (Fsp3) is 0.176. The van der Waals surface area contributed by atoms with E-state index in [4.69, 9.17) is 5.11 Å². The van der Waals surface area contributed by atoms with Crippen molar-refractivity contribution in [2.75, 3.05) is 0 Å². The lowest BCUT2D eigenvalue weighted by molar-refractivity contribution is -0.137. The summed E-state index contributed by atoms with van der Waals surface area (Å²) >= 11 is 0. The van der Waals surface area contributed by atoms with Gasteiger partial charge in [0.05, 0.1) is 6.10 Å². The number of pyridine rings is 1. The average molecular weight is 283 g/mol. The molecule has 2 rings (SSSR count). The summed E-state index contributed by atoms with van der Waals surface area (Å²) < 4.78 is 0. The number of carboxylic acids is 1. The average Bonchev–Trinajstić information content (AvgIpc) is 2.52. The topological polar surface area (TPSA) is 70.4 Å². The van der Waals surface area contributed by atoms with Gasteiger partial charge in [-0.3, -0.25) is 9.78 Å². The first-order valence-electron chi connectivity index (χ1n) is 6.73. The van der Waals surface area contributed by atoms with Gasteiger partial charge in [-0.05, 0) is 35.2 Å². The van der Waals surface area contributed by atoms with Crippen molar-refractivity contribution in [3.8, 4) is 0 Å². The van der Waals surface area contributed by atoms with E-state index in [1.807, 2.05) is 48.6 Å². The van der Waals surface area contributed by atoms with E-state index in [-0.39, 0.29) is 12.8 Å². The molecule has 2 aromatic rings. The molecule has 0 spiro atoms. The summed E-state index contributed by atoms with van der Waals surface area (Å²) in [5.74, 6) is -0.897. The molecule has 2 N–H and O–H groups in total. The number of carboxylic acid groups (broad SMARTS) is 1. The van der Waals surface area contributed by atoms with Gasteiger partial charge in [0.2, 0.25) is 0 Å². The van der Waals surface area contributed by atoms with Crippen LogP contribution in [0.1, 0.15) is 35.6 Å². The van der Waals surface area contributed by atoms with Gasteiger partial charge in [-0.1, -0.05) is 36.4 Å². The summed E-state index contributed by atoms with van der Waals surface area (Å²) in [4.78, 5) is 14.4. The van der Waals surface area contributed by atoms with Crippen molar-refractivity contribution in [3.05, 3.63) is 65.5 Å². The molecule has 0 aliphatic rings. The summed E-state index contributed by atoms with van der Waals surface area (Å²) in [6.07, 6.45) is 6.88. The first kappa shape index (κ1) is 14.9. The summed E-state index contributed by atoms with van der Waals surface area (Å²) in [7, 11) is 0. The molecule has 0 fully saturated rings. The van der Waals surface area contributed by atoms with Gasteiger partial charge in [0.1, 0.15) is 0 Å². The normalized spacial score (nSPS) is 12.4. The highest BCUT2D eigenvalue weighted by atomic mass is 16.4. The van der Waals surface area contributed by atoms with Crippen LogP contribution in [0.25, 0.3) is 12.2 Å². The molecule has 0 aliphatic carbocycles. The molecule has 4 nitrogen and oxygen atoms in total. The molecule has 0 amide bonds. The molecule has 0 radical (unpaired) electrons. The van der Waals surface area contributed by atoms with E-state index in [0.29, 0.717) is 0 Å². The summed E-state index contributed by atoms with van der Waals surface area (Å²) in [5.41, 5.74) is 2.81. The molecule has 0 saturated carbocycles. The number of benzene rings is 1. The molecule has 1 heterocycles. The van der Waals surface area contributed by atoms with Crippen LogP contribution in [-0.2, 0) is 4.79 Å². The molecule has 1 aromatic carbocycles. The molecule has 108 valence electrons. The number of rotatable bonds is 6. The van der Waals surface area contributed by atoms with E-state index in [2.05, 4.69) is 4.98 Å². The lowest BCUT2D eigenvalue weighted by atomic mass is 10.0. The van der Waals surface area contributed by atoms with Gasteiger partial charge < -0.3 is 10.2 Å². The predicted molar refractivity (Wildman–Crippen MR) is 81.4 cm³/mol. The molecule has 1 atom stereocenters. The standard InChI is InChI=1S/C17H17NO3/c19-16(7-8-17(20)21)15-5-3-13(4-6-15)1-2-14-9-11-18-12-10-14/h1-6,9-12,16,19H,7-8H2,(H,20,21)/b2-1+. The van der Waals surface area contributed by atoms with Crippen molar-refractivity contribution >= 4 is 18.1 Å². The Morgan fingerprint density at radius 2 is 1.62 bits per heavy atom. The van der Waals surface area contributed by atoms with Gasteiger partial charge in [-0.25, -0.2) is 0 Å². The van der Waals surface area contributed by atoms with Crippen LogP contribution in [0.15, 0.2) is 48.8 Å². The van der Waals surface area contributed by atoms with Gasteiger partial charge >= 0.3 is 5.97 Å². The number of carbonyl (C=O) groups is 1. The van der Waals surface area contributed by atoms with E-state index in [1.54, 1.807) is 12.4 Å². The number of nitrogens with zero attached hydrogens (tertiary/aromatic N) is 1. The van der Waals surface area contributed by atoms with Crippen molar-refractivity contribution in [1.82, 2.24) is 4.98 Å². The Morgan fingerprint density at radius 3 is 2.19 bits per heavy atom. The Balaban J connectivity index is 1.98. The maximum absolute atomic E-state index is 10.5. The van der Waals surface area contributed by atoms with E-state index in [1.165, 1.54) is 0 Å². The van der Waals surface area contributed by atoms with Crippen LogP contribution >= 0.6 is 0 Å². The molecular formula is C17H17NO3. The van der Waals surface area contributed by atoms with Crippen molar-refractivity contribution in [2.24, 2.45) is 0 Å². The van der Waals surface area contributed by atoms with Crippen LogP contribution in [0.3, 0.4) is 0 Å². The summed E-state index contributed by atoms with van der Waals surface area (Å²) in [6, 6.07) is 11.3. The van der Waals surface area contributed by atoms with Gasteiger partial charge in [0, 0.05) is 18.8 Å². The molecule has 4 heteroatoms. The van der Waals surface area contributed by atoms with Gasteiger partial charge in [0.15, 0.2) is 0 Å². The second-order valence-corrected chi connectivity index (χ2v) is 4.73. The lowest BCUT2D eigenvalue weighted by Gasteiger charge is -2.09. The third-order valence-electron chi connectivity index (χ3n) is 3.13. The molecule has 0 saturated heterocycles. The Morgan fingerprint density at radius 1 is 1.05 bits per heavy atom. The van der Waals surface area contributed by atoms with Crippen molar-refractivity contribution in [2.45, 2.75) is 18.9 Å². The molecule has 1 unspecified atom stereocenters. The van der Waals surface area contributed by atoms with Crippen LogP contribution < -0.4 is 0 Å². The van der Waals surface area contributed by atoms with Crippen LogP contribution in [0.4, 0.5) is 0 Å². The van der Waals surface area contributed by atoms with Gasteiger partial charge in [-0.15, -0.1) is 0 Å².